The largest absolute Gasteiger partial charge is 0.494 e. The normalized spacial score (nSPS) is 25.0. The predicted molar refractivity (Wildman–Crippen MR) is 144 cm³/mol. The summed E-state index contributed by atoms with van der Waals surface area (Å²) in [6.45, 7) is 6.09. The monoisotopic (exact) mass is 464 g/mol. The summed E-state index contributed by atoms with van der Waals surface area (Å²) in [7, 11) is 0. The first kappa shape index (κ1) is 26.7. The van der Waals surface area contributed by atoms with Crippen molar-refractivity contribution in [2.75, 3.05) is 13.2 Å². The first-order valence-corrected chi connectivity index (χ1v) is 14.3. The SMILES string of the molecule is CCCCCC1CCC(C=CC#CC2CCC(COc3ccc(OCCCC)cc3)CC2)CC1. The molecule has 0 aromatic heterocycles. The summed E-state index contributed by atoms with van der Waals surface area (Å²) in [5.41, 5.74) is 0. The minimum absolute atomic E-state index is 0.565. The zero-order chi connectivity index (χ0) is 23.8. The molecule has 0 spiro atoms. The molecular weight excluding hydrogens is 416 g/mol. The molecule has 2 saturated carbocycles. The van der Waals surface area contributed by atoms with E-state index in [4.69, 9.17) is 9.47 Å². The quantitative estimate of drug-likeness (QED) is 0.227. The van der Waals surface area contributed by atoms with Crippen LogP contribution in [0.4, 0.5) is 0 Å². The van der Waals surface area contributed by atoms with Gasteiger partial charge in [-0.15, -0.1) is 0 Å². The maximum Gasteiger partial charge on any atom is 0.119 e. The van der Waals surface area contributed by atoms with Crippen molar-refractivity contribution in [3.05, 3.63) is 36.4 Å². The molecule has 0 amide bonds. The lowest BCUT2D eigenvalue weighted by atomic mass is 9.79. The third-order valence-electron chi connectivity index (χ3n) is 7.77. The summed E-state index contributed by atoms with van der Waals surface area (Å²) < 4.78 is 11.8. The Kier molecular flexibility index (Phi) is 12.5. The van der Waals surface area contributed by atoms with E-state index in [1.807, 2.05) is 24.3 Å². The second-order valence-corrected chi connectivity index (χ2v) is 10.6. The van der Waals surface area contributed by atoms with Gasteiger partial charge < -0.3 is 9.47 Å². The van der Waals surface area contributed by atoms with Gasteiger partial charge in [-0.3, -0.25) is 0 Å². The molecule has 0 atom stereocenters. The van der Waals surface area contributed by atoms with Gasteiger partial charge in [0, 0.05) is 5.92 Å². The van der Waals surface area contributed by atoms with Crippen LogP contribution in [-0.4, -0.2) is 13.2 Å². The molecule has 1 aromatic carbocycles. The van der Waals surface area contributed by atoms with Crippen molar-refractivity contribution in [1.82, 2.24) is 0 Å². The summed E-state index contributed by atoms with van der Waals surface area (Å²) in [6.07, 6.45) is 22.9. The van der Waals surface area contributed by atoms with Crippen LogP contribution in [0.5, 0.6) is 11.5 Å². The van der Waals surface area contributed by atoms with Gasteiger partial charge in [-0.05, 0) is 106 Å². The molecule has 0 bridgehead atoms. The first-order chi connectivity index (χ1) is 16.8. The summed E-state index contributed by atoms with van der Waals surface area (Å²) >= 11 is 0. The number of allylic oxidation sites excluding steroid dienone is 2. The van der Waals surface area contributed by atoms with Crippen molar-refractivity contribution in [3.8, 4) is 23.3 Å². The molecule has 2 nitrogen and oxygen atoms in total. The highest BCUT2D eigenvalue weighted by molar-refractivity contribution is 5.31. The first-order valence-electron chi connectivity index (χ1n) is 14.3. The summed E-state index contributed by atoms with van der Waals surface area (Å²) in [4.78, 5) is 0. The molecule has 0 unspecified atom stereocenters. The molecule has 34 heavy (non-hydrogen) atoms. The lowest BCUT2D eigenvalue weighted by Gasteiger charge is -2.26. The van der Waals surface area contributed by atoms with Crippen LogP contribution in [0.3, 0.4) is 0 Å². The molecule has 0 saturated heterocycles. The van der Waals surface area contributed by atoms with Gasteiger partial charge in [0.15, 0.2) is 0 Å². The number of unbranched alkanes of at least 4 members (excludes halogenated alkanes) is 3. The minimum atomic E-state index is 0.565. The van der Waals surface area contributed by atoms with E-state index in [0.29, 0.717) is 11.8 Å². The summed E-state index contributed by atoms with van der Waals surface area (Å²) in [6, 6.07) is 8.10. The number of hydrogen-bond acceptors (Lipinski definition) is 2. The fourth-order valence-corrected chi connectivity index (χ4v) is 5.36. The molecule has 1 aromatic rings. The van der Waals surface area contributed by atoms with E-state index in [9.17, 15) is 0 Å². The Morgan fingerprint density at radius 3 is 2.09 bits per heavy atom. The standard InChI is InChI=1S/C32H48O2/c1-3-5-7-10-27-13-15-28(16-14-27)11-8-9-12-29-17-19-30(20-18-29)26-34-32-23-21-31(22-24-32)33-25-6-4-2/h8,11,21-24,27-30H,3-7,10,13-20,25-26H2,1-2H3. The fraction of sp³-hybridized carbons (Fsp3) is 0.688. The zero-order valence-electron chi connectivity index (χ0n) is 21.9. The van der Waals surface area contributed by atoms with E-state index in [1.54, 1.807) is 0 Å². The third kappa shape index (κ3) is 10.2. The van der Waals surface area contributed by atoms with E-state index < -0.39 is 0 Å². The van der Waals surface area contributed by atoms with Gasteiger partial charge in [0.2, 0.25) is 0 Å². The van der Waals surface area contributed by atoms with Crippen molar-refractivity contribution in [3.63, 3.8) is 0 Å². The molecular formula is C32H48O2. The van der Waals surface area contributed by atoms with Gasteiger partial charge in [0.05, 0.1) is 13.2 Å². The van der Waals surface area contributed by atoms with Crippen LogP contribution in [-0.2, 0) is 0 Å². The Morgan fingerprint density at radius 1 is 0.765 bits per heavy atom. The van der Waals surface area contributed by atoms with Gasteiger partial charge in [0.25, 0.3) is 0 Å². The summed E-state index contributed by atoms with van der Waals surface area (Å²) in [5, 5.41) is 0. The molecule has 0 aliphatic heterocycles. The van der Waals surface area contributed by atoms with Crippen molar-refractivity contribution in [2.45, 2.75) is 104 Å². The van der Waals surface area contributed by atoms with Gasteiger partial charge in [-0.25, -0.2) is 0 Å². The Hall–Kier alpha value is -1.88. The van der Waals surface area contributed by atoms with E-state index >= 15 is 0 Å². The van der Waals surface area contributed by atoms with Crippen LogP contribution in [0.2, 0.25) is 0 Å². The molecule has 2 fully saturated rings. The highest BCUT2D eigenvalue weighted by Crippen LogP contribution is 2.33. The van der Waals surface area contributed by atoms with Crippen LogP contribution in [0.15, 0.2) is 36.4 Å². The lowest BCUT2D eigenvalue weighted by molar-refractivity contribution is 0.196. The van der Waals surface area contributed by atoms with Crippen LogP contribution in [0.25, 0.3) is 0 Å². The molecule has 188 valence electrons. The Morgan fingerprint density at radius 2 is 1.41 bits per heavy atom. The van der Waals surface area contributed by atoms with Crippen molar-refractivity contribution < 1.29 is 9.47 Å². The van der Waals surface area contributed by atoms with Gasteiger partial charge in [-0.2, -0.15) is 0 Å². The Bertz CT molecular complexity index is 737. The van der Waals surface area contributed by atoms with E-state index in [-0.39, 0.29) is 0 Å². The van der Waals surface area contributed by atoms with E-state index in [0.717, 1.165) is 49.4 Å². The van der Waals surface area contributed by atoms with Crippen LogP contribution >= 0.6 is 0 Å². The highest BCUT2D eigenvalue weighted by atomic mass is 16.5. The molecule has 3 rings (SSSR count). The number of ether oxygens (including phenoxy) is 2. The van der Waals surface area contributed by atoms with Crippen LogP contribution in [0, 0.1) is 35.5 Å². The van der Waals surface area contributed by atoms with Crippen molar-refractivity contribution in [2.24, 2.45) is 23.7 Å². The third-order valence-corrected chi connectivity index (χ3v) is 7.77. The van der Waals surface area contributed by atoms with E-state index in [1.165, 1.54) is 77.0 Å². The Labute approximate surface area is 209 Å². The smallest absolute Gasteiger partial charge is 0.119 e. The molecule has 0 heterocycles. The molecule has 0 radical (unpaired) electrons. The number of rotatable bonds is 12. The second kappa shape index (κ2) is 15.9. The average Bonchev–Trinajstić information content (AvgIpc) is 2.88. The summed E-state index contributed by atoms with van der Waals surface area (Å²) in [5.74, 6) is 11.8. The maximum atomic E-state index is 6.06. The lowest BCUT2D eigenvalue weighted by Crippen LogP contribution is -2.19. The van der Waals surface area contributed by atoms with Gasteiger partial charge in [-0.1, -0.05) is 63.9 Å². The van der Waals surface area contributed by atoms with E-state index in [2.05, 4.69) is 37.8 Å². The maximum absolute atomic E-state index is 6.06. The fourth-order valence-electron chi connectivity index (χ4n) is 5.36. The zero-order valence-corrected chi connectivity index (χ0v) is 21.9. The minimum Gasteiger partial charge on any atom is -0.494 e. The topological polar surface area (TPSA) is 18.5 Å². The predicted octanol–water partition coefficient (Wildman–Crippen LogP) is 9.00. The molecule has 2 aliphatic carbocycles. The number of hydrogen-bond donors (Lipinski definition) is 0. The van der Waals surface area contributed by atoms with Crippen LogP contribution in [0.1, 0.15) is 104 Å². The van der Waals surface area contributed by atoms with Gasteiger partial charge >= 0.3 is 0 Å². The second-order valence-electron chi connectivity index (χ2n) is 10.6. The molecule has 2 heteroatoms. The highest BCUT2D eigenvalue weighted by Gasteiger charge is 2.21. The molecule has 2 aliphatic rings. The average molecular weight is 465 g/mol. The Balaban J connectivity index is 1.27. The van der Waals surface area contributed by atoms with Crippen molar-refractivity contribution >= 4 is 0 Å². The van der Waals surface area contributed by atoms with Gasteiger partial charge in [0.1, 0.15) is 11.5 Å². The molecule has 0 N–H and O–H groups in total. The number of benzene rings is 1. The van der Waals surface area contributed by atoms with Crippen LogP contribution < -0.4 is 9.47 Å². The van der Waals surface area contributed by atoms with Crippen molar-refractivity contribution in [1.29, 1.82) is 0 Å².